The van der Waals surface area contributed by atoms with Crippen molar-refractivity contribution in [1.82, 2.24) is 0 Å². The molecule has 14 rings (SSSR count). The number of nitrogens with zero attached hydrogens (tertiary/aromatic N) is 4. The monoisotopic (exact) mass is 1120 g/mol. The fourth-order valence-corrected chi connectivity index (χ4v) is 16.1. The van der Waals surface area contributed by atoms with Crippen molar-refractivity contribution in [2.24, 2.45) is 0 Å². The lowest BCUT2D eigenvalue weighted by Crippen LogP contribution is -2.64. The molecule has 4 heterocycles. The van der Waals surface area contributed by atoms with Crippen molar-refractivity contribution in [2.75, 3.05) is 19.6 Å². The van der Waals surface area contributed by atoms with Gasteiger partial charge in [-0.1, -0.05) is 194 Å². The van der Waals surface area contributed by atoms with Gasteiger partial charge in [0.2, 0.25) is 0 Å². The van der Waals surface area contributed by atoms with E-state index in [4.69, 9.17) is 0 Å². The predicted molar refractivity (Wildman–Crippen MR) is 366 cm³/mol. The van der Waals surface area contributed by atoms with Crippen LogP contribution in [-0.2, 0) is 27.1 Å². The van der Waals surface area contributed by atoms with E-state index in [0.717, 1.165) is 47.0 Å². The highest BCUT2D eigenvalue weighted by molar-refractivity contribution is 7.25. The van der Waals surface area contributed by atoms with Gasteiger partial charge in [0.15, 0.2) is 0 Å². The zero-order valence-electron chi connectivity index (χ0n) is 52.0. The van der Waals surface area contributed by atoms with Crippen LogP contribution in [0.2, 0.25) is 0 Å². The second kappa shape index (κ2) is 19.0. The van der Waals surface area contributed by atoms with Crippen LogP contribution in [0, 0.1) is 0 Å². The van der Waals surface area contributed by atoms with Crippen molar-refractivity contribution in [3.8, 4) is 0 Å². The standard InChI is InChI=1S/C78H81BN4S/c1-73(2,3)50-24-32-54(33-25-50)80(55-34-26-51(27-35-55)74(4,5)6)58-41-43-66-65(46-58)79-64-22-19-21-63-72(64)83(78(14)45-18-17-44-77(63,78)13)68-48-60(47-67(71(68)79)82(66)59-40-42-62-61-20-15-16-23-69(61)84-70(62)49-59)81(56-36-28-52(29-37-56)75(7,8)9)57-38-30-53(31-39-57)76(10,11)12/h15-16,19-43,46-49H,17-18,44-45H2,1-14H3. The molecule has 2 atom stereocenters. The fraction of sp³-hybridized carbons (Fsp3) is 0.308. The maximum atomic E-state index is 2.89. The Morgan fingerprint density at radius 1 is 0.417 bits per heavy atom. The highest BCUT2D eigenvalue weighted by atomic mass is 32.1. The van der Waals surface area contributed by atoms with Crippen LogP contribution in [0.4, 0.5) is 62.6 Å². The van der Waals surface area contributed by atoms with Crippen molar-refractivity contribution in [1.29, 1.82) is 0 Å². The molecule has 84 heavy (non-hydrogen) atoms. The summed E-state index contributed by atoms with van der Waals surface area (Å²) in [5, 5.41) is 2.62. The Kier molecular flexibility index (Phi) is 12.3. The molecule has 10 aromatic rings. The van der Waals surface area contributed by atoms with E-state index in [1.165, 1.54) is 106 Å². The van der Waals surface area contributed by atoms with Gasteiger partial charge in [-0.25, -0.2) is 0 Å². The minimum Gasteiger partial charge on any atom is -0.335 e. The first-order valence-electron chi connectivity index (χ1n) is 30.9. The van der Waals surface area contributed by atoms with Gasteiger partial charge in [-0.05, 0) is 183 Å². The number of benzene rings is 9. The SMILES string of the molecule is CC(C)(C)c1ccc(N(c2ccc(C(C)(C)C)cc2)c2ccc3c(c2)B2c4cccc5c4N(c4cc(N(c6ccc(C(C)(C)C)cc6)c6ccc(C(C)(C)C)cc6)cc(c42)N3c2ccc3c(c2)sc2ccccc23)C2(C)CCCCC52C)cc1. The quantitative estimate of drug-likeness (QED) is 0.147. The summed E-state index contributed by atoms with van der Waals surface area (Å²) in [6, 6.07) is 73.7. The van der Waals surface area contributed by atoms with Crippen LogP contribution in [0.25, 0.3) is 20.2 Å². The lowest BCUT2D eigenvalue weighted by Gasteiger charge is -2.53. The Morgan fingerprint density at radius 2 is 0.905 bits per heavy atom. The number of thiophene rings is 1. The summed E-state index contributed by atoms with van der Waals surface area (Å²) in [6.45, 7) is 32.9. The molecular formula is C78H81BN4S. The van der Waals surface area contributed by atoms with Crippen LogP contribution in [0.5, 0.6) is 0 Å². The van der Waals surface area contributed by atoms with Gasteiger partial charge in [-0.2, -0.15) is 0 Å². The molecule has 3 aliphatic heterocycles. The number of hydrogen-bond acceptors (Lipinski definition) is 5. The summed E-state index contributed by atoms with van der Waals surface area (Å²) in [4.78, 5) is 10.6. The molecule has 0 N–H and O–H groups in total. The first-order valence-corrected chi connectivity index (χ1v) is 31.7. The molecule has 4 nitrogen and oxygen atoms in total. The fourth-order valence-electron chi connectivity index (χ4n) is 15.0. The van der Waals surface area contributed by atoms with Crippen molar-refractivity contribution in [3.63, 3.8) is 0 Å². The molecule has 1 aromatic heterocycles. The molecule has 0 bridgehead atoms. The van der Waals surface area contributed by atoms with Gasteiger partial charge in [0.1, 0.15) is 0 Å². The molecule has 2 unspecified atom stereocenters. The largest absolute Gasteiger partial charge is 0.335 e. The molecule has 4 aliphatic rings. The minimum atomic E-state index is -0.160. The maximum absolute atomic E-state index is 2.89. The lowest BCUT2D eigenvalue weighted by atomic mass is 9.33. The van der Waals surface area contributed by atoms with E-state index in [2.05, 4.69) is 305 Å². The van der Waals surface area contributed by atoms with Gasteiger partial charge in [0.05, 0.1) is 11.2 Å². The minimum absolute atomic E-state index is 0.0136. The Hall–Kier alpha value is -7.54. The van der Waals surface area contributed by atoms with Crippen molar-refractivity contribution in [3.05, 3.63) is 216 Å². The summed E-state index contributed by atoms with van der Waals surface area (Å²) in [5.41, 5.74) is 24.0. The molecule has 422 valence electrons. The molecular weight excluding hydrogens is 1040 g/mol. The Labute approximate surface area is 504 Å². The zero-order valence-corrected chi connectivity index (χ0v) is 52.8. The topological polar surface area (TPSA) is 13.0 Å². The number of para-hydroxylation sites is 1. The first-order chi connectivity index (χ1) is 39.9. The lowest BCUT2D eigenvalue weighted by molar-refractivity contribution is 0.195. The van der Waals surface area contributed by atoms with Crippen molar-refractivity contribution < 1.29 is 0 Å². The molecule has 0 amide bonds. The summed E-state index contributed by atoms with van der Waals surface area (Å²) in [7, 11) is 0. The number of fused-ring (bicyclic) bond motifs is 10. The number of anilines is 11. The predicted octanol–water partition coefficient (Wildman–Crippen LogP) is 20.5. The Bertz CT molecular complexity index is 4110. The molecule has 0 spiro atoms. The second-order valence-corrected chi connectivity index (χ2v) is 30.5. The van der Waals surface area contributed by atoms with E-state index >= 15 is 0 Å². The summed E-state index contributed by atoms with van der Waals surface area (Å²) < 4.78 is 2.61. The van der Waals surface area contributed by atoms with Crippen molar-refractivity contribution >= 4 is 117 Å². The van der Waals surface area contributed by atoms with Gasteiger partial charge in [-0.15, -0.1) is 11.3 Å². The molecule has 9 aromatic carbocycles. The zero-order chi connectivity index (χ0) is 58.6. The van der Waals surface area contributed by atoms with E-state index in [0.29, 0.717) is 0 Å². The molecule has 0 radical (unpaired) electrons. The van der Waals surface area contributed by atoms with Gasteiger partial charge in [-0.3, -0.25) is 0 Å². The van der Waals surface area contributed by atoms with Crippen LogP contribution in [0.15, 0.2) is 188 Å². The van der Waals surface area contributed by atoms with Crippen LogP contribution < -0.4 is 36.0 Å². The highest BCUT2D eigenvalue weighted by Gasteiger charge is 2.61. The average molecular weight is 1120 g/mol. The van der Waals surface area contributed by atoms with E-state index < -0.39 is 0 Å². The van der Waals surface area contributed by atoms with Gasteiger partial charge < -0.3 is 19.6 Å². The van der Waals surface area contributed by atoms with E-state index in [9.17, 15) is 0 Å². The third-order valence-electron chi connectivity index (χ3n) is 20.0. The van der Waals surface area contributed by atoms with E-state index in [1.54, 1.807) is 0 Å². The van der Waals surface area contributed by atoms with Crippen LogP contribution in [-0.4, -0.2) is 12.3 Å². The van der Waals surface area contributed by atoms with E-state index in [1.807, 2.05) is 11.3 Å². The maximum Gasteiger partial charge on any atom is 0.252 e. The molecule has 1 aliphatic carbocycles. The Balaban J connectivity index is 1.07. The second-order valence-electron chi connectivity index (χ2n) is 29.4. The van der Waals surface area contributed by atoms with Crippen LogP contribution >= 0.6 is 11.3 Å². The normalized spacial score (nSPS) is 18.2. The van der Waals surface area contributed by atoms with Crippen LogP contribution in [0.3, 0.4) is 0 Å². The summed E-state index contributed by atoms with van der Waals surface area (Å²) in [6.07, 6.45) is 4.73. The molecule has 6 heteroatoms. The summed E-state index contributed by atoms with van der Waals surface area (Å²) in [5.74, 6) is 0. The molecule has 1 saturated carbocycles. The van der Waals surface area contributed by atoms with Crippen LogP contribution in [0.1, 0.15) is 150 Å². The van der Waals surface area contributed by atoms with Crippen molar-refractivity contribution in [2.45, 2.75) is 155 Å². The highest BCUT2D eigenvalue weighted by Crippen LogP contribution is 2.62. The van der Waals surface area contributed by atoms with E-state index in [-0.39, 0.29) is 39.3 Å². The molecule has 0 saturated heterocycles. The number of hydrogen-bond donors (Lipinski definition) is 0. The van der Waals surface area contributed by atoms with Gasteiger partial charge in [0.25, 0.3) is 6.71 Å². The third-order valence-corrected chi connectivity index (χ3v) is 21.2. The Morgan fingerprint density at radius 3 is 1.45 bits per heavy atom. The van der Waals surface area contributed by atoms with Gasteiger partial charge >= 0.3 is 0 Å². The summed E-state index contributed by atoms with van der Waals surface area (Å²) >= 11 is 1.90. The number of rotatable bonds is 7. The third kappa shape index (κ3) is 8.50. The molecule has 1 fully saturated rings. The smallest absolute Gasteiger partial charge is 0.252 e. The first kappa shape index (κ1) is 54.4. The average Bonchev–Trinajstić information content (AvgIpc) is 2.09. The van der Waals surface area contributed by atoms with Gasteiger partial charge in [0, 0.05) is 82.5 Å².